The van der Waals surface area contributed by atoms with Crippen LogP contribution in [-0.2, 0) is 6.42 Å². The van der Waals surface area contributed by atoms with Gasteiger partial charge in [-0.15, -0.1) is 0 Å². The molecule has 1 N–H and O–H groups in total. The highest BCUT2D eigenvalue weighted by Crippen LogP contribution is 2.38. The minimum Gasteiger partial charge on any atom is -0.508 e. The normalized spacial score (nSPS) is 14.0. The molecule has 2 aromatic heterocycles. The van der Waals surface area contributed by atoms with Gasteiger partial charge in [0.25, 0.3) is 0 Å². The number of benzene rings is 2. The first-order valence-electron chi connectivity index (χ1n) is 10.5. The van der Waals surface area contributed by atoms with Crippen LogP contribution in [0.1, 0.15) is 25.3 Å². The summed E-state index contributed by atoms with van der Waals surface area (Å²) in [4.78, 5) is 15.4. The minimum absolute atomic E-state index is 0.0649. The number of ether oxygens (including phenoxy) is 1. The topological polar surface area (TPSA) is 71.4 Å². The average Bonchev–Trinajstić information content (AvgIpc) is 3.32. The van der Waals surface area contributed by atoms with Gasteiger partial charge < -0.3 is 14.7 Å². The van der Waals surface area contributed by atoms with Crippen molar-refractivity contribution < 1.29 is 14.2 Å². The number of aryl methyl sites for hydroxylation is 1. The summed E-state index contributed by atoms with van der Waals surface area (Å²) in [6.45, 7) is 3.77. The second-order valence-corrected chi connectivity index (χ2v) is 7.77. The number of anilines is 1. The molecule has 31 heavy (non-hydrogen) atoms. The Kier molecular flexibility index (Phi) is 4.81. The lowest BCUT2D eigenvalue weighted by Gasteiger charge is -2.19. The van der Waals surface area contributed by atoms with Gasteiger partial charge in [0.15, 0.2) is 5.82 Å². The van der Waals surface area contributed by atoms with Crippen molar-refractivity contribution in [1.29, 1.82) is 0 Å². The number of halogens is 1. The molecule has 6 nitrogen and oxygen atoms in total. The molecule has 5 rings (SSSR count). The van der Waals surface area contributed by atoms with Crippen molar-refractivity contribution in [3.05, 3.63) is 47.9 Å². The summed E-state index contributed by atoms with van der Waals surface area (Å²) in [7, 11) is 1.48. The molecule has 0 atom stereocenters. The third-order valence-corrected chi connectivity index (χ3v) is 5.92. The number of aromatic nitrogens is 3. The van der Waals surface area contributed by atoms with E-state index in [9.17, 15) is 5.11 Å². The van der Waals surface area contributed by atoms with Crippen LogP contribution in [0.4, 0.5) is 10.2 Å². The fourth-order valence-corrected chi connectivity index (χ4v) is 4.44. The maximum atomic E-state index is 15.9. The number of rotatable bonds is 4. The molecule has 158 valence electrons. The van der Waals surface area contributed by atoms with Gasteiger partial charge in [-0.2, -0.15) is 9.97 Å². The maximum Gasteiger partial charge on any atom is 0.318 e. The SMILES string of the molecule is CCc1cccc2cc(O)cc(-c3ncc4c(N5CCCC5)nc(OC)nc4c3F)c12. The Morgan fingerprint density at radius 1 is 1.16 bits per heavy atom. The fourth-order valence-electron chi connectivity index (χ4n) is 4.44. The van der Waals surface area contributed by atoms with E-state index in [2.05, 4.69) is 26.8 Å². The highest BCUT2D eigenvalue weighted by Gasteiger charge is 2.23. The molecular formula is C24H23FN4O2. The summed E-state index contributed by atoms with van der Waals surface area (Å²) in [5.74, 6) is 0.166. The quantitative estimate of drug-likeness (QED) is 0.510. The van der Waals surface area contributed by atoms with Crippen molar-refractivity contribution in [3.8, 4) is 23.0 Å². The zero-order chi connectivity index (χ0) is 21.5. The molecule has 0 unspecified atom stereocenters. The van der Waals surface area contributed by atoms with E-state index in [1.165, 1.54) is 7.11 Å². The Hall–Kier alpha value is -3.48. The first-order valence-corrected chi connectivity index (χ1v) is 10.5. The molecule has 0 saturated carbocycles. The van der Waals surface area contributed by atoms with Crippen LogP contribution in [0.3, 0.4) is 0 Å². The Bertz CT molecular complexity index is 1300. The zero-order valence-electron chi connectivity index (χ0n) is 17.5. The van der Waals surface area contributed by atoms with E-state index in [4.69, 9.17) is 4.74 Å². The van der Waals surface area contributed by atoms with Crippen LogP contribution in [0.15, 0.2) is 36.5 Å². The number of methoxy groups -OCH3 is 1. The lowest BCUT2D eigenvalue weighted by atomic mass is 9.95. The van der Waals surface area contributed by atoms with Crippen molar-refractivity contribution >= 4 is 27.5 Å². The molecule has 0 aliphatic carbocycles. The summed E-state index contributed by atoms with van der Waals surface area (Å²) >= 11 is 0. The highest BCUT2D eigenvalue weighted by atomic mass is 19.1. The number of aromatic hydroxyl groups is 1. The van der Waals surface area contributed by atoms with Crippen molar-refractivity contribution in [3.63, 3.8) is 0 Å². The molecule has 0 amide bonds. The van der Waals surface area contributed by atoms with Crippen molar-refractivity contribution in [1.82, 2.24) is 15.0 Å². The molecule has 1 aliphatic heterocycles. The Labute approximate surface area is 179 Å². The van der Waals surface area contributed by atoms with Gasteiger partial charge >= 0.3 is 6.01 Å². The number of pyridine rings is 1. The second kappa shape index (κ2) is 7.65. The van der Waals surface area contributed by atoms with Gasteiger partial charge in [-0.1, -0.05) is 25.1 Å². The Morgan fingerprint density at radius 3 is 2.71 bits per heavy atom. The molecule has 0 radical (unpaired) electrons. The van der Waals surface area contributed by atoms with Crippen molar-refractivity contribution in [2.45, 2.75) is 26.2 Å². The number of fused-ring (bicyclic) bond motifs is 2. The standard InChI is InChI=1S/C24H23FN4O2/c1-3-14-7-6-8-15-11-16(30)12-17(19(14)15)21-20(25)22-18(13-26-21)23(28-24(27-22)31-2)29-9-4-5-10-29/h6-8,11-13,30H,3-5,9-10H2,1-2H3. The molecule has 0 spiro atoms. The monoisotopic (exact) mass is 418 g/mol. The van der Waals surface area contributed by atoms with Gasteiger partial charge in [0, 0.05) is 24.8 Å². The van der Waals surface area contributed by atoms with E-state index in [-0.39, 0.29) is 23.0 Å². The number of hydrogen-bond acceptors (Lipinski definition) is 6. The van der Waals surface area contributed by atoms with Gasteiger partial charge in [-0.25, -0.2) is 4.39 Å². The third kappa shape index (κ3) is 3.21. The van der Waals surface area contributed by atoms with Crippen LogP contribution in [-0.4, -0.2) is 40.3 Å². The van der Waals surface area contributed by atoms with Gasteiger partial charge in [0.2, 0.25) is 0 Å². The molecule has 2 aromatic carbocycles. The molecule has 1 saturated heterocycles. The van der Waals surface area contributed by atoms with Crippen LogP contribution in [0.25, 0.3) is 32.9 Å². The summed E-state index contributed by atoms with van der Waals surface area (Å²) < 4.78 is 21.2. The number of nitrogens with zero attached hydrogens (tertiary/aromatic N) is 4. The lowest BCUT2D eigenvalue weighted by molar-refractivity contribution is 0.381. The van der Waals surface area contributed by atoms with Gasteiger partial charge in [-0.3, -0.25) is 4.98 Å². The van der Waals surface area contributed by atoms with E-state index < -0.39 is 5.82 Å². The maximum absolute atomic E-state index is 15.9. The first-order chi connectivity index (χ1) is 15.1. The smallest absolute Gasteiger partial charge is 0.318 e. The predicted octanol–water partition coefficient (Wildman–Crippen LogP) is 4.86. The largest absolute Gasteiger partial charge is 0.508 e. The lowest BCUT2D eigenvalue weighted by Crippen LogP contribution is -2.20. The molecule has 1 fully saturated rings. The zero-order valence-corrected chi connectivity index (χ0v) is 17.5. The Morgan fingerprint density at radius 2 is 1.97 bits per heavy atom. The van der Waals surface area contributed by atoms with E-state index in [0.717, 1.165) is 48.7 Å². The van der Waals surface area contributed by atoms with E-state index >= 15 is 4.39 Å². The molecule has 3 heterocycles. The fraction of sp³-hybridized carbons (Fsp3) is 0.292. The van der Waals surface area contributed by atoms with E-state index in [0.29, 0.717) is 16.8 Å². The van der Waals surface area contributed by atoms with E-state index in [1.54, 1.807) is 18.3 Å². The van der Waals surface area contributed by atoms with Crippen LogP contribution in [0.2, 0.25) is 0 Å². The van der Waals surface area contributed by atoms with Crippen LogP contribution in [0, 0.1) is 5.82 Å². The summed E-state index contributed by atoms with van der Waals surface area (Å²) in [5.41, 5.74) is 1.94. The van der Waals surface area contributed by atoms with Gasteiger partial charge in [0.1, 0.15) is 22.8 Å². The van der Waals surface area contributed by atoms with Gasteiger partial charge in [0.05, 0.1) is 12.5 Å². The Balaban J connectivity index is 1.80. The summed E-state index contributed by atoms with van der Waals surface area (Å²) in [6.07, 6.45) is 4.54. The third-order valence-electron chi connectivity index (χ3n) is 5.92. The van der Waals surface area contributed by atoms with Crippen LogP contribution in [0.5, 0.6) is 11.8 Å². The average molecular weight is 418 g/mol. The number of hydrogen-bond donors (Lipinski definition) is 1. The molecular weight excluding hydrogens is 395 g/mol. The molecule has 1 aliphatic rings. The van der Waals surface area contributed by atoms with Crippen LogP contribution < -0.4 is 9.64 Å². The van der Waals surface area contributed by atoms with Crippen molar-refractivity contribution in [2.75, 3.05) is 25.1 Å². The van der Waals surface area contributed by atoms with Gasteiger partial charge in [-0.05, 0) is 47.7 Å². The second-order valence-electron chi connectivity index (χ2n) is 7.77. The number of phenolic OH excluding ortho intramolecular Hbond substituents is 1. The summed E-state index contributed by atoms with van der Waals surface area (Å²) in [6, 6.07) is 9.24. The van der Waals surface area contributed by atoms with E-state index in [1.807, 2.05) is 18.2 Å². The predicted molar refractivity (Wildman–Crippen MR) is 119 cm³/mol. The first kappa shape index (κ1) is 19.5. The minimum atomic E-state index is -0.545. The molecule has 4 aromatic rings. The molecule has 7 heteroatoms. The van der Waals surface area contributed by atoms with Crippen LogP contribution >= 0.6 is 0 Å². The van der Waals surface area contributed by atoms with Crippen molar-refractivity contribution in [2.24, 2.45) is 0 Å². The number of phenols is 1. The molecule has 0 bridgehead atoms. The summed E-state index contributed by atoms with van der Waals surface area (Å²) in [5, 5.41) is 12.6. The highest BCUT2D eigenvalue weighted by molar-refractivity contribution is 6.01.